The van der Waals surface area contributed by atoms with Gasteiger partial charge in [0.05, 0.1) is 18.2 Å². The van der Waals surface area contributed by atoms with Gasteiger partial charge in [0.15, 0.2) is 0 Å². The zero-order valence-electron chi connectivity index (χ0n) is 13.8. The second-order valence-electron chi connectivity index (χ2n) is 6.25. The van der Waals surface area contributed by atoms with Gasteiger partial charge in [0.25, 0.3) is 0 Å². The van der Waals surface area contributed by atoms with Gasteiger partial charge >= 0.3 is 0 Å². The molecule has 1 aliphatic rings. The predicted molar refractivity (Wildman–Crippen MR) is 94.2 cm³/mol. The van der Waals surface area contributed by atoms with E-state index in [1.165, 1.54) is 5.56 Å². The van der Waals surface area contributed by atoms with E-state index < -0.39 is 0 Å². The molecule has 0 radical (unpaired) electrons. The van der Waals surface area contributed by atoms with Crippen LogP contribution in [0.4, 0.5) is 0 Å². The quantitative estimate of drug-likeness (QED) is 0.819. The fraction of sp³-hybridized carbons (Fsp3) is 0.444. The fourth-order valence-corrected chi connectivity index (χ4v) is 3.87. The molecule has 5 heteroatoms. The molecule has 1 saturated heterocycles. The highest BCUT2D eigenvalue weighted by Crippen LogP contribution is 2.33. The molecule has 1 aromatic heterocycles. The summed E-state index contributed by atoms with van der Waals surface area (Å²) < 4.78 is 2.92. The summed E-state index contributed by atoms with van der Waals surface area (Å²) in [7, 11) is 1.93. The van der Waals surface area contributed by atoms with Crippen molar-refractivity contribution >= 4 is 21.8 Å². The number of halogens is 1. The SMILES string of the molecule is Cc1nn(C)c(C)c1CC(=O)N1CCCC1c1cccc(Br)c1. The normalized spacial score (nSPS) is 17.7. The van der Waals surface area contributed by atoms with Crippen molar-refractivity contribution in [2.45, 2.75) is 39.2 Å². The van der Waals surface area contributed by atoms with Crippen LogP contribution >= 0.6 is 15.9 Å². The Morgan fingerprint density at radius 2 is 2.17 bits per heavy atom. The largest absolute Gasteiger partial charge is 0.335 e. The Morgan fingerprint density at radius 1 is 1.39 bits per heavy atom. The lowest BCUT2D eigenvalue weighted by Gasteiger charge is -2.25. The van der Waals surface area contributed by atoms with Crippen LogP contribution in [0.3, 0.4) is 0 Å². The first-order valence-corrected chi connectivity index (χ1v) is 8.80. The van der Waals surface area contributed by atoms with Crippen molar-refractivity contribution in [2.24, 2.45) is 7.05 Å². The summed E-state index contributed by atoms with van der Waals surface area (Å²) in [6.45, 7) is 4.85. The Kier molecular flexibility index (Phi) is 4.57. The smallest absolute Gasteiger partial charge is 0.227 e. The maximum atomic E-state index is 12.9. The van der Waals surface area contributed by atoms with Crippen LogP contribution < -0.4 is 0 Å². The van der Waals surface area contributed by atoms with Crippen molar-refractivity contribution in [3.05, 3.63) is 51.3 Å². The van der Waals surface area contributed by atoms with Crippen LogP contribution in [-0.2, 0) is 18.3 Å². The van der Waals surface area contributed by atoms with E-state index in [1.54, 1.807) is 0 Å². The number of hydrogen-bond acceptors (Lipinski definition) is 2. The molecule has 1 aromatic carbocycles. The highest BCUT2D eigenvalue weighted by molar-refractivity contribution is 9.10. The maximum Gasteiger partial charge on any atom is 0.227 e. The molecule has 1 aliphatic heterocycles. The lowest BCUT2D eigenvalue weighted by Crippen LogP contribution is -2.32. The van der Waals surface area contributed by atoms with Gasteiger partial charge in [0.2, 0.25) is 5.91 Å². The van der Waals surface area contributed by atoms with Crippen molar-refractivity contribution in [2.75, 3.05) is 6.54 Å². The Bertz CT molecular complexity index is 738. The van der Waals surface area contributed by atoms with E-state index in [4.69, 9.17) is 0 Å². The molecule has 2 aromatic rings. The number of carbonyl (C=O) groups excluding carboxylic acids is 1. The summed E-state index contributed by atoms with van der Waals surface area (Å²) in [5.74, 6) is 0.201. The fourth-order valence-electron chi connectivity index (χ4n) is 3.45. The lowest BCUT2D eigenvalue weighted by atomic mass is 10.0. The maximum absolute atomic E-state index is 12.9. The zero-order valence-corrected chi connectivity index (χ0v) is 15.4. The monoisotopic (exact) mass is 375 g/mol. The number of likely N-dealkylation sites (tertiary alicyclic amines) is 1. The third kappa shape index (κ3) is 3.20. The average Bonchev–Trinajstić information content (AvgIpc) is 3.08. The van der Waals surface area contributed by atoms with Crippen LogP contribution in [0.1, 0.15) is 41.4 Å². The first-order chi connectivity index (χ1) is 11.0. The van der Waals surface area contributed by atoms with E-state index in [9.17, 15) is 4.79 Å². The Balaban J connectivity index is 1.81. The van der Waals surface area contributed by atoms with Crippen LogP contribution in [-0.4, -0.2) is 27.1 Å². The minimum Gasteiger partial charge on any atom is -0.335 e. The Hall–Kier alpha value is -1.62. The second-order valence-corrected chi connectivity index (χ2v) is 7.17. The van der Waals surface area contributed by atoms with Crippen molar-refractivity contribution in [1.82, 2.24) is 14.7 Å². The first kappa shape index (κ1) is 16.2. The predicted octanol–water partition coefficient (Wildman–Crippen LogP) is 3.71. The Morgan fingerprint density at radius 3 is 2.83 bits per heavy atom. The molecular formula is C18H22BrN3O. The van der Waals surface area contributed by atoms with E-state index in [0.717, 1.165) is 40.8 Å². The number of hydrogen-bond donors (Lipinski definition) is 0. The van der Waals surface area contributed by atoms with Gasteiger partial charge in [0.1, 0.15) is 0 Å². The number of carbonyl (C=O) groups is 1. The van der Waals surface area contributed by atoms with Gasteiger partial charge in [-0.2, -0.15) is 5.10 Å². The van der Waals surface area contributed by atoms with E-state index in [1.807, 2.05) is 42.6 Å². The van der Waals surface area contributed by atoms with Crippen LogP contribution in [0.25, 0.3) is 0 Å². The minimum absolute atomic E-state index is 0.192. The average molecular weight is 376 g/mol. The highest BCUT2D eigenvalue weighted by atomic mass is 79.9. The molecular weight excluding hydrogens is 354 g/mol. The van der Waals surface area contributed by atoms with Crippen LogP contribution in [0.15, 0.2) is 28.7 Å². The van der Waals surface area contributed by atoms with Crippen LogP contribution in [0.5, 0.6) is 0 Å². The summed E-state index contributed by atoms with van der Waals surface area (Å²) in [6.07, 6.45) is 2.54. The molecule has 1 amide bonds. The number of nitrogens with zero attached hydrogens (tertiary/aromatic N) is 3. The molecule has 4 nitrogen and oxygen atoms in total. The van der Waals surface area contributed by atoms with Crippen molar-refractivity contribution in [1.29, 1.82) is 0 Å². The molecule has 0 saturated carbocycles. The van der Waals surface area contributed by atoms with E-state index in [2.05, 4.69) is 33.2 Å². The Labute approximate surface area is 145 Å². The molecule has 122 valence electrons. The first-order valence-electron chi connectivity index (χ1n) is 8.01. The molecule has 0 N–H and O–H groups in total. The third-order valence-corrected chi connectivity index (χ3v) is 5.29. The number of aromatic nitrogens is 2. The zero-order chi connectivity index (χ0) is 16.6. The lowest BCUT2D eigenvalue weighted by molar-refractivity contribution is -0.131. The molecule has 1 unspecified atom stereocenters. The molecule has 0 bridgehead atoms. The standard InChI is InChI=1S/C18H22BrN3O/c1-12-16(13(2)21(3)20-12)11-18(23)22-9-5-8-17(22)14-6-4-7-15(19)10-14/h4,6-7,10,17H,5,8-9,11H2,1-3H3. The minimum atomic E-state index is 0.192. The molecule has 23 heavy (non-hydrogen) atoms. The summed E-state index contributed by atoms with van der Waals surface area (Å²) >= 11 is 3.53. The molecule has 2 heterocycles. The van der Waals surface area contributed by atoms with Crippen molar-refractivity contribution in [3.8, 4) is 0 Å². The number of aryl methyl sites for hydroxylation is 2. The van der Waals surface area contributed by atoms with Crippen molar-refractivity contribution in [3.63, 3.8) is 0 Å². The number of rotatable bonds is 3. The highest BCUT2D eigenvalue weighted by Gasteiger charge is 2.30. The summed E-state index contributed by atoms with van der Waals surface area (Å²) in [6, 6.07) is 8.48. The molecule has 0 spiro atoms. The molecule has 0 aliphatic carbocycles. The van der Waals surface area contributed by atoms with Gasteiger partial charge in [-0.25, -0.2) is 0 Å². The second kappa shape index (κ2) is 6.48. The summed E-state index contributed by atoms with van der Waals surface area (Å²) in [5.41, 5.74) is 4.31. The van der Waals surface area contributed by atoms with Gasteiger partial charge < -0.3 is 4.90 Å². The number of amides is 1. The molecule has 1 atom stereocenters. The van der Waals surface area contributed by atoms with Gasteiger partial charge in [0, 0.05) is 29.3 Å². The topological polar surface area (TPSA) is 38.1 Å². The van der Waals surface area contributed by atoms with Gasteiger partial charge in [-0.3, -0.25) is 9.48 Å². The molecule has 3 rings (SSSR count). The van der Waals surface area contributed by atoms with E-state index >= 15 is 0 Å². The molecule has 1 fully saturated rings. The summed E-state index contributed by atoms with van der Waals surface area (Å²) in [5, 5.41) is 4.42. The summed E-state index contributed by atoms with van der Waals surface area (Å²) in [4.78, 5) is 14.9. The van der Waals surface area contributed by atoms with Gasteiger partial charge in [-0.15, -0.1) is 0 Å². The van der Waals surface area contributed by atoms with Crippen molar-refractivity contribution < 1.29 is 4.79 Å². The van der Waals surface area contributed by atoms with Gasteiger partial charge in [-0.1, -0.05) is 28.1 Å². The van der Waals surface area contributed by atoms with E-state index in [0.29, 0.717) is 6.42 Å². The number of benzene rings is 1. The van der Waals surface area contributed by atoms with Gasteiger partial charge in [-0.05, 0) is 44.4 Å². The third-order valence-electron chi connectivity index (χ3n) is 4.79. The van der Waals surface area contributed by atoms with Crippen LogP contribution in [0.2, 0.25) is 0 Å². The van der Waals surface area contributed by atoms with Crippen LogP contribution in [0, 0.1) is 13.8 Å². The van der Waals surface area contributed by atoms with E-state index in [-0.39, 0.29) is 11.9 Å².